The Labute approximate surface area is 113 Å². The molecule has 1 rings (SSSR count). The second-order valence-electron chi connectivity index (χ2n) is 4.12. The number of hydrogen-bond acceptors (Lipinski definition) is 5. The van der Waals surface area contributed by atoms with Gasteiger partial charge in [0.25, 0.3) is 5.56 Å². The van der Waals surface area contributed by atoms with Gasteiger partial charge in [-0.25, -0.2) is 9.59 Å². The summed E-state index contributed by atoms with van der Waals surface area (Å²) in [7, 11) is 1.29. The molecule has 9 nitrogen and oxygen atoms in total. The third kappa shape index (κ3) is 4.05. The number of carboxylic acids is 1. The van der Waals surface area contributed by atoms with Crippen LogP contribution in [-0.2, 0) is 23.2 Å². The summed E-state index contributed by atoms with van der Waals surface area (Å²) in [6.07, 6.45) is -0.477. The van der Waals surface area contributed by atoms with Crippen LogP contribution in [0.1, 0.15) is 6.42 Å². The topological polar surface area (TPSA) is 131 Å². The zero-order chi connectivity index (χ0) is 15.3. The van der Waals surface area contributed by atoms with E-state index in [1.54, 1.807) is 0 Å². The van der Waals surface area contributed by atoms with Crippen molar-refractivity contribution in [3.63, 3.8) is 0 Å². The number of carbonyl (C=O) groups is 2. The van der Waals surface area contributed by atoms with Crippen molar-refractivity contribution in [3.8, 4) is 0 Å². The van der Waals surface area contributed by atoms with Gasteiger partial charge in [-0.2, -0.15) is 0 Å². The molecule has 0 aliphatic carbocycles. The quantitative estimate of drug-likeness (QED) is 0.529. The maximum absolute atomic E-state index is 11.6. The highest BCUT2D eigenvalue weighted by atomic mass is 16.4. The second kappa shape index (κ2) is 6.66. The van der Waals surface area contributed by atoms with Crippen LogP contribution in [0.3, 0.4) is 0 Å². The molecule has 1 aromatic heterocycles. The van der Waals surface area contributed by atoms with Crippen LogP contribution < -0.4 is 16.6 Å². The molecule has 1 heterocycles. The van der Waals surface area contributed by atoms with E-state index in [1.807, 2.05) is 0 Å². The Kier molecular flexibility index (Phi) is 5.21. The maximum Gasteiger partial charge on any atom is 0.332 e. The number of rotatable bonds is 6. The van der Waals surface area contributed by atoms with E-state index in [-0.39, 0.29) is 19.5 Å². The van der Waals surface area contributed by atoms with Crippen LogP contribution in [0.15, 0.2) is 21.9 Å². The SMILES string of the molecule is Cn1c(=O)ccn(CC(=O)NCCC(O)C(=O)O)c1=O. The van der Waals surface area contributed by atoms with Gasteiger partial charge in [-0.3, -0.25) is 18.7 Å². The fraction of sp³-hybridized carbons (Fsp3) is 0.455. The first kappa shape index (κ1) is 15.6. The van der Waals surface area contributed by atoms with E-state index in [0.717, 1.165) is 15.2 Å². The zero-order valence-electron chi connectivity index (χ0n) is 10.8. The fourth-order valence-electron chi connectivity index (χ4n) is 1.42. The molecule has 20 heavy (non-hydrogen) atoms. The number of aromatic nitrogens is 2. The summed E-state index contributed by atoms with van der Waals surface area (Å²) in [6, 6.07) is 1.16. The minimum Gasteiger partial charge on any atom is -0.479 e. The van der Waals surface area contributed by atoms with Gasteiger partial charge in [0.05, 0.1) is 0 Å². The van der Waals surface area contributed by atoms with Crippen molar-refractivity contribution in [2.75, 3.05) is 6.54 Å². The van der Waals surface area contributed by atoms with Crippen molar-refractivity contribution >= 4 is 11.9 Å². The smallest absolute Gasteiger partial charge is 0.332 e. The lowest BCUT2D eigenvalue weighted by atomic mass is 10.2. The summed E-state index contributed by atoms with van der Waals surface area (Å²) in [4.78, 5) is 44.6. The second-order valence-corrected chi connectivity index (χ2v) is 4.12. The van der Waals surface area contributed by atoms with Crippen LogP contribution in [0, 0.1) is 0 Å². The fourth-order valence-corrected chi connectivity index (χ4v) is 1.42. The molecule has 0 aliphatic heterocycles. The molecule has 110 valence electrons. The standard InChI is InChI=1S/C11H15N3O6/c1-13-9(17)3-5-14(11(13)20)6-8(16)12-4-2-7(15)10(18)19/h3,5,7,15H,2,4,6H2,1H3,(H,12,16)(H,18,19). The molecule has 0 radical (unpaired) electrons. The molecule has 0 aromatic carbocycles. The molecular weight excluding hydrogens is 270 g/mol. The van der Waals surface area contributed by atoms with E-state index in [4.69, 9.17) is 10.2 Å². The summed E-state index contributed by atoms with van der Waals surface area (Å²) in [5, 5.41) is 19.8. The number of aliphatic hydroxyl groups excluding tert-OH is 1. The molecular formula is C11H15N3O6. The van der Waals surface area contributed by atoms with Crippen molar-refractivity contribution in [1.29, 1.82) is 0 Å². The molecule has 0 bridgehead atoms. The number of aliphatic carboxylic acids is 1. The molecule has 1 atom stereocenters. The first-order valence-electron chi connectivity index (χ1n) is 5.77. The highest BCUT2D eigenvalue weighted by Crippen LogP contribution is 1.89. The molecule has 0 saturated carbocycles. The normalized spacial score (nSPS) is 11.9. The van der Waals surface area contributed by atoms with Crippen LogP contribution in [0.25, 0.3) is 0 Å². The largest absolute Gasteiger partial charge is 0.479 e. The number of carbonyl (C=O) groups excluding carboxylic acids is 1. The van der Waals surface area contributed by atoms with Crippen molar-refractivity contribution in [2.45, 2.75) is 19.1 Å². The van der Waals surface area contributed by atoms with Crippen molar-refractivity contribution in [2.24, 2.45) is 7.05 Å². The summed E-state index contributed by atoms with van der Waals surface area (Å²) in [5.41, 5.74) is -1.10. The number of hydrogen-bond donors (Lipinski definition) is 3. The van der Waals surface area contributed by atoms with Crippen LogP contribution in [0.4, 0.5) is 0 Å². The number of nitrogens with zero attached hydrogens (tertiary/aromatic N) is 2. The molecule has 0 spiro atoms. The molecule has 1 amide bonds. The van der Waals surface area contributed by atoms with E-state index in [1.165, 1.54) is 13.2 Å². The predicted molar refractivity (Wildman–Crippen MR) is 67.2 cm³/mol. The van der Waals surface area contributed by atoms with Crippen LogP contribution in [0.2, 0.25) is 0 Å². The number of carboxylic acid groups (broad SMARTS) is 1. The molecule has 1 unspecified atom stereocenters. The minimum atomic E-state index is -1.55. The number of amides is 1. The monoisotopic (exact) mass is 285 g/mol. The van der Waals surface area contributed by atoms with E-state index < -0.39 is 29.2 Å². The van der Waals surface area contributed by atoms with Gasteiger partial charge in [0.2, 0.25) is 5.91 Å². The Hall–Kier alpha value is -2.42. The third-order valence-corrected chi connectivity index (χ3v) is 2.60. The summed E-state index contributed by atoms with van der Waals surface area (Å²) in [6.45, 7) is -0.330. The summed E-state index contributed by atoms with van der Waals surface area (Å²) >= 11 is 0. The first-order chi connectivity index (χ1) is 9.32. The summed E-state index contributed by atoms with van der Waals surface area (Å²) < 4.78 is 1.91. The van der Waals surface area contributed by atoms with Gasteiger partial charge >= 0.3 is 11.7 Å². The lowest BCUT2D eigenvalue weighted by molar-refractivity contribution is -0.147. The average Bonchev–Trinajstić information content (AvgIpc) is 2.39. The lowest BCUT2D eigenvalue weighted by Gasteiger charge is -2.09. The van der Waals surface area contributed by atoms with Gasteiger partial charge in [-0.1, -0.05) is 0 Å². The van der Waals surface area contributed by atoms with Crippen LogP contribution in [0.5, 0.6) is 0 Å². The Morgan fingerprint density at radius 2 is 2.05 bits per heavy atom. The maximum atomic E-state index is 11.6. The molecule has 0 fully saturated rings. The van der Waals surface area contributed by atoms with Crippen molar-refractivity contribution in [1.82, 2.24) is 14.5 Å². The highest BCUT2D eigenvalue weighted by Gasteiger charge is 2.13. The molecule has 0 aliphatic rings. The van der Waals surface area contributed by atoms with E-state index in [2.05, 4.69) is 5.32 Å². The molecule has 3 N–H and O–H groups in total. The Morgan fingerprint density at radius 3 is 2.65 bits per heavy atom. The molecule has 1 aromatic rings. The van der Waals surface area contributed by atoms with Gasteiger partial charge in [-0.15, -0.1) is 0 Å². The summed E-state index contributed by atoms with van der Waals surface area (Å²) in [5.74, 6) is -1.89. The molecule has 9 heteroatoms. The van der Waals surface area contributed by atoms with Gasteiger partial charge in [0.1, 0.15) is 6.54 Å². The van der Waals surface area contributed by atoms with Crippen molar-refractivity contribution < 1.29 is 19.8 Å². The molecule has 0 saturated heterocycles. The van der Waals surface area contributed by atoms with E-state index >= 15 is 0 Å². The minimum absolute atomic E-state index is 0.0349. The highest BCUT2D eigenvalue weighted by molar-refractivity contribution is 5.76. The number of nitrogens with one attached hydrogen (secondary N) is 1. The average molecular weight is 285 g/mol. The lowest BCUT2D eigenvalue weighted by Crippen LogP contribution is -2.40. The van der Waals surface area contributed by atoms with E-state index in [0.29, 0.717) is 0 Å². The van der Waals surface area contributed by atoms with Crippen molar-refractivity contribution in [3.05, 3.63) is 33.1 Å². The third-order valence-electron chi connectivity index (χ3n) is 2.60. The van der Waals surface area contributed by atoms with Crippen LogP contribution >= 0.6 is 0 Å². The van der Waals surface area contributed by atoms with Crippen LogP contribution in [-0.4, -0.2) is 43.9 Å². The van der Waals surface area contributed by atoms with E-state index in [9.17, 15) is 19.2 Å². The Morgan fingerprint density at radius 1 is 1.40 bits per heavy atom. The first-order valence-corrected chi connectivity index (χ1v) is 5.77. The Bertz CT molecular complexity index is 617. The predicted octanol–water partition coefficient (Wildman–Crippen LogP) is -2.50. The van der Waals surface area contributed by atoms with Gasteiger partial charge in [0.15, 0.2) is 6.10 Å². The van der Waals surface area contributed by atoms with Gasteiger partial charge in [-0.05, 0) is 0 Å². The van der Waals surface area contributed by atoms with Gasteiger partial charge in [0, 0.05) is 32.3 Å². The number of aliphatic hydroxyl groups is 1. The van der Waals surface area contributed by atoms with Gasteiger partial charge < -0.3 is 15.5 Å². The Balaban J connectivity index is 2.56. The zero-order valence-corrected chi connectivity index (χ0v) is 10.8.